The maximum absolute atomic E-state index is 13.0. The van der Waals surface area contributed by atoms with E-state index in [9.17, 15) is 4.79 Å². The highest BCUT2D eigenvalue weighted by Crippen LogP contribution is 2.31. The van der Waals surface area contributed by atoms with Crippen LogP contribution in [0.25, 0.3) is 16.7 Å². The van der Waals surface area contributed by atoms with Gasteiger partial charge in [-0.15, -0.1) is 0 Å². The van der Waals surface area contributed by atoms with Crippen molar-refractivity contribution in [3.8, 4) is 0 Å². The third-order valence-electron chi connectivity index (χ3n) is 4.14. The number of hydrogen-bond donors (Lipinski definition) is 2. The number of rotatable bonds is 6. The monoisotopic (exact) mass is 432 g/mol. The van der Waals surface area contributed by atoms with E-state index < -0.39 is 0 Å². The van der Waals surface area contributed by atoms with Gasteiger partial charge in [-0.25, -0.2) is 4.98 Å². The second-order valence-corrected chi connectivity index (χ2v) is 9.16. The Kier molecular flexibility index (Phi) is 6.29. The molecule has 3 rings (SSSR count). The number of nitrogens with one attached hydrogen (secondary N) is 2. The molecule has 0 saturated heterocycles. The van der Waals surface area contributed by atoms with Gasteiger partial charge < -0.3 is 15.1 Å². The minimum absolute atomic E-state index is 0.0752. The van der Waals surface area contributed by atoms with Crippen molar-refractivity contribution in [2.45, 2.75) is 41.0 Å². The topological polar surface area (TPSA) is 80.0 Å². The Hall–Kier alpha value is -2.38. The maximum atomic E-state index is 13.0. The van der Waals surface area contributed by atoms with Gasteiger partial charge in [0.1, 0.15) is 10.5 Å². The van der Waals surface area contributed by atoms with Gasteiger partial charge in [-0.1, -0.05) is 38.4 Å². The first kappa shape index (κ1) is 21.3. The molecule has 1 aromatic carbocycles. The van der Waals surface area contributed by atoms with E-state index in [1.165, 1.54) is 0 Å². The molecule has 3 aromatic rings. The fraction of sp³-hybridized carbons (Fsp3) is 0.381. The third kappa shape index (κ3) is 5.16. The van der Waals surface area contributed by atoms with E-state index in [4.69, 9.17) is 16.0 Å². The van der Waals surface area contributed by atoms with E-state index in [1.54, 1.807) is 13.1 Å². The maximum Gasteiger partial charge on any atom is 0.258 e. The van der Waals surface area contributed by atoms with Gasteiger partial charge in [-0.3, -0.25) is 4.79 Å². The first-order chi connectivity index (χ1) is 13.7. The number of aryl methyl sites for hydroxylation is 1. The zero-order valence-corrected chi connectivity index (χ0v) is 18.8. The highest BCUT2D eigenvalue weighted by Gasteiger charge is 2.19. The van der Waals surface area contributed by atoms with Crippen LogP contribution in [0.3, 0.4) is 0 Å². The summed E-state index contributed by atoms with van der Waals surface area (Å²) in [7, 11) is 0. The summed E-state index contributed by atoms with van der Waals surface area (Å²) < 4.78 is 10.0. The quantitative estimate of drug-likeness (QED) is 0.508. The molecular weight excluding hydrogens is 408 g/mol. The van der Waals surface area contributed by atoms with Crippen LogP contribution in [-0.4, -0.2) is 21.8 Å². The fourth-order valence-electron chi connectivity index (χ4n) is 2.76. The molecule has 0 spiro atoms. The number of fused-ring (bicyclic) bond motifs is 1. The van der Waals surface area contributed by atoms with Gasteiger partial charge in [-0.2, -0.15) is 4.37 Å². The normalized spacial score (nSPS) is 12.4. The van der Waals surface area contributed by atoms with Crippen LogP contribution in [0.5, 0.6) is 0 Å². The van der Waals surface area contributed by atoms with Crippen LogP contribution in [0, 0.1) is 12.3 Å². The summed E-state index contributed by atoms with van der Waals surface area (Å²) in [4.78, 5) is 17.6. The summed E-state index contributed by atoms with van der Waals surface area (Å²) >= 11 is 7.38. The minimum atomic E-state index is -0.269. The molecule has 0 fully saturated rings. The van der Waals surface area contributed by atoms with Crippen molar-refractivity contribution in [2.24, 2.45) is 5.41 Å². The van der Waals surface area contributed by atoms with Crippen molar-refractivity contribution in [1.29, 1.82) is 0 Å². The minimum Gasteiger partial charge on any atom is -0.441 e. The van der Waals surface area contributed by atoms with Gasteiger partial charge in [0.25, 0.3) is 5.91 Å². The third-order valence-corrected chi connectivity index (χ3v) is 5.57. The van der Waals surface area contributed by atoms with E-state index in [0.29, 0.717) is 39.3 Å². The van der Waals surface area contributed by atoms with Crippen LogP contribution in [0.2, 0.25) is 5.02 Å². The summed E-state index contributed by atoms with van der Waals surface area (Å²) in [5.41, 5.74) is 3.42. The average Bonchev–Trinajstić information content (AvgIpc) is 3.17. The lowest BCUT2D eigenvalue weighted by molar-refractivity contribution is -0.111. The summed E-state index contributed by atoms with van der Waals surface area (Å²) in [6, 6.07) is 5.57. The Bertz CT molecular complexity index is 1060. The molecule has 0 aliphatic rings. The summed E-state index contributed by atoms with van der Waals surface area (Å²) in [6.07, 6.45) is 2.44. The number of carbonyl (C=O) groups excluding carboxylic acids is 1. The van der Waals surface area contributed by atoms with E-state index in [0.717, 1.165) is 29.0 Å². The number of oxazole rings is 1. The van der Waals surface area contributed by atoms with Crippen molar-refractivity contribution in [3.63, 3.8) is 0 Å². The predicted molar refractivity (Wildman–Crippen MR) is 119 cm³/mol. The van der Waals surface area contributed by atoms with E-state index >= 15 is 0 Å². The molecule has 0 unspecified atom stereocenters. The Morgan fingerprint density at radius 3 is 2.72 bits per heavy atom. The number of nitrogens with zero attached hydrogens (tertiary/aromatic N) is 2. The van der Waals surface area contributed by atoms with Crippen LogP contribution in [0.1, 0.15) is 44.8 Å². The highest BCUT2D eigenvalue weighted by atomic mass is 35.5. The Morgan fingerprint density at radius 1 is 1.34 bits per heavy atom. The van der Waals surface area contributed by atoms with Gasteiger partial charge in [-0.05, 0) is 48.5 Å². The molecule has 29 heavy (non-hydrogen) atoms. The number of hydrogen-bond acceptors (Lipinski definition) is 6. The number of aromatic nitrogens is 2. The van der Waals surface area contributed by atoms with Crippen LogP contribution < -0.4 is 10.6 Å². The van der Waals surface area contributed by atoms with Gasteiger partial charge in [0.15, 0.2) is 11.5 Å². The lowest BCUT2D eigenvalue weighted by Gasteiger charge is -2.14. The van der Waals surface area contributed by atoms with Gasteiger partial charge in [0.05, 0.1) is 16.3 Å². The van der Waals surface area contributed by atoms with Crippen LogP contribution in [0.4, 0.5) is 5.00 Å². The Labute approximate surface area is 179 Å². The smallest absolute Gasteiger partial charge is 0.258 e. The molecule has 0 saturated carbocycles. The van der Waals surface area contributed by atoms with E-state index in [2.05, 4.69) is 40.8 Å². The molecule has 0 aliphatic heterocycles. The molecule has 8 heteroatoms. The lowest BCUT2D eigenvalue weighted by atomic mass is 9.92. The highest BCUT2D eigenvalue weighted by molar-refractivity contribution is 7.11. The molecule has 154 valence electrons. The molecule has 0 bridgehead atoms. The zero-order chi connectivity index (χ0) is 21.2. The van der Waals surface area contributed by atoms with Crippen molar-refractivity contribution >= 4 is 50.7 Å². The predicted octanol–water partition coefficient (Wildman–Crippen LogP) is 5.42. The van der Waals surface area contributed by atoms with Crippen molar-refractivity contribution in [1.82, 2.24) is 14.7 Å². The summed E-state index contributed by atoms with van der Waals surface area (Å²) in [5, 5.41) is 6.96. The van der Waals surface area contributed by atoms with E-state index in [-0.39, 0.29) is 11.3 Å². The number of benzene rings is 1. The molecule has 0 atom stereocenters. The number of halogens is 1. The second-order valence-electron chi connectivity index (χ2n) is 8.01. The molecule has 2 heterocycles. The number of amides is 1. The lowest BCUT2D eigenvalue weighted by Crippen LogP contribution is -2.16. The molecule has 0 aliphatic carbocycles. The molecule has 0 radical (unpaired) electrons. The molecule has 2 aromatic heterocycles. The summed E-state index contributed by atoms with van der Waals surface area (Å²) in [5.74, 6) is 0.424. The molecule has 2 N–H and O–H groups in total. The van der Waals surface area contributed by atoms with Gasteiger partial charge in [0.2, 0.25) is 0 Å². The summed E-state index contributed by atoms with van der Waals surface area (Å²) in [6.45, 7) is 10.9. The Morgan fingerprint density at radius 2 is 2.10 bits per heavy atom. The van der Waals surface area contributed by atoms with Crippen LogP contribution in [-0.2, 0) is 11.2 Å². The van der Waals surface area contributed by atoms with Crippen molar-refractivity contribution in [2.75, 3.05) is 11.9 Å². The standard InChI is InChI=1S/C21H25ClN4O2S/c1-6-23-11-14(19(27)25-20-18(22)12(2)26-29-20)13-7-8-16-15(9-13)24-17(28-16)10-21(3,4)5/h7-9,11,23H,6,10H2,1-5H3,(H,25,27). The molecule has 1 amide bonds. The van der Waals surface area contributed by atoms with Gasteiger partial charge >= 0.3 is 0 Å². The second kappa shape index (κ2) is 8.55. The first-order valence-electron chi connectivity index (χ1n) is 9.44. The largest absolute Gasteiger partial charge is 0.441 e. The van der Waals surface area contributed by atoms with Gasteiger partial charge in [0, 0.05) is 19.2 Å². The SMILES string of the molecule is CCNC=C(C(=O)Nc1snc(C)c1Cl)c1ccc2oc(CC(C)(C)C)nc2c1. The average molecular weight is 433 g/mol. The fourth-order valence-corrected chi connectivity index (χ4v) is 3.69. The van der Waals surface area contributed by atoms with Crippen LogP contribution in [0.15, 0.2) is 28.8 Å². The first-order valence-corrected chi connectivity index (χ1v) is 10.6. The number of anilines is 1. The number of carbonyl (C=O) groups is 1. The molecular formula is C21H25ClN4O2S. The zero-order valence-electron chi connectivity index (χ0n) is 17.2. The van der Waals surface area contributed by atoms with Crippen molar-refractivity contribution < 1.29 is 9.21 Å². The Balaban J connectivity index is 1.92. The van der Waals surface area contributed by atoms with Crippen LogP contribution >= 0.6 is 23.1 Å². The molecule has 6 nitrogen and oxygen atoms in total. The van der Waals surface area contributed by atoms with Crippen molar-refractivity contribution in [3.05, 3.63) is 46.6 Å². The van der Waals surface area contributed by atoms with E-state index in [1.807, 2.05) is 25.1 Å².